The highest BCUT2D eigenvalue weighted by atomic mass is 16.7. The average molecular weight is 499 g/mol. The van der Waals surface area contributed by atoms with E-state index in [2.05, 4.69) is 13.5 Å². The molecule has 2 heterocycles. The largest absolute Gasteiger partial charge is 0.469 e. The molecule has 194 valence electrons. The number of carbonyl (C=O) groups excluding carboxylic acids is 4. The first-order valence-corrected chi connectivity index (χ1v) is 12.2. The Kier molecular flexibility index (Phi) is 6.40. The third-order valence-corrected chi connectivity index (χ3v) is 8.91. The number of methoxy groups -OCH3 is 2. The van der Waals surface area contributed by atoms with Gasteiger partial charge < -0.3 is 18.9 Å². The maximum Gasteiger partial charge on any atom is 0.333 e. The lowest BCUT2D eigenvalue weighted by atomic mass is 9.48. The molecule has 4 aliphatic rings. The van der Waals surface area contributed by atoms with Crippen LogP contribution in [0.4, 0.5) is 0 Å². The molecule has 0 amide bonds. The van der Waals surface area contributed by atoms with Crippen molar-refractivity contribution in [3.8, 4) is 0 Å². The van der Waals surface area contributed by atoms with E-state index in [4.69, 9.17) is 18.9 Å². The van der Waals surface area contributed by atoms with Crippen molar-refractivity contribution in [1.29, 1.82) is 0 Å². The van der Waals surface area contributed by atoms with Crippen LogP contribution in [0.15, 0.2) is 47.6 Å². The molecule has 0 bridgehead atoms. The summed E-state index contributed by atoms with van der Waals surface area (Å²) in [7, 11) is 2.77. The van der Waals surface area contributed by atoms with Crippen molar-refractivity contribution in [2.24, 2.45) is 28.1 Å². The van der Waals surface area contributed by atoms with Crippen molar-refractivity contribution in [2.45, 2.75) is 59.4 Å². The standard InChI is InChI=1S/C28H34O8/c1-15-17(27(4)11-9-20(29)26(2,3)19(27)14-21(30)33-6)8-10-28(5)18(15)13-23(32)35-24(28)16-12-22(31)36-25(16)34-7/h9,11-13,17,19,24-25H,1,8,10,14H2,2-7H3. The number of carbonyl (C=O) groups is 4. The van der Waals surface area contributed by atoms with Crippen LogP contribution in [0.25, 0.3) is 0 Å². The van der Waals surface area contributed by atoms with E-state index in [-0.39, 0.29) is 30.0 Å². The molecule has 1 fully saturated rings. The summed E-state index contributed by atoms with van der Waals surface area (Å²) in [5.41, 5.74) is -0.0691. The number of allylic oxidation sites excluding steroid dienone is 3. The highest BCUT2D eigenvalue weighted by Crippen LogP contribution is 2.61. The molecule has 0 aromatic carbocycles. The van der Waals surface area contributed by atoms with Crippen molar-refractivity contribution in [3.05, 3.63) is 47.6 Å². The molecule has 2 aliphatic heterocycles. The predicted molar refractivity (Wildman–Crippen MR) is 129 cm³/mol. The number of esters is 3. The topological polar surface area (TPSA) is 105 Å². The fourth-order valence-electron chi connectivity index (χ4n) is 6.77. The summed E-state index contributed by atoms with van der Waals surface area (Å²) in [4.78, 5) is 50.0. The lowest BCUT2D eigenvalue weighted by Gasteiger charge is -2.55. The average Bonchev–Trinajstić information content (AvgIpc) is 3.20. The van der Waals surface area contributed by atoms with E-state index in [1.54, 1.807) is 6.08 Å². The molecule has 0 radical (unpaired) electrons. The van der Waals surface area contributed by atoms with Gasteiger partial charge in [-0.05, 0) is 47.3 Å². The molecular formula is C28H34O8. The van der Waals surface area contributed by atoms with E-state index in [0.29, 0.717) is 18.4 Å². The molecule has 8 nitrogen and oxygen atoms in total. The summed E-state index contributed by atoms with van der Waals surface area (Å²) in [6.07, 6.45) is 6.02. The zero-order valence-corrected chi connectivity index (χ0v) is 21.7. The predicted octanol–water partition coefficient (Wildman–Crippen LogP) is 3.62. The van der Waals surface area contributed by atoms with Crippen molar-refractivity contribution < 1.29 is 38.1 Å². The quantitative estimate of drug-likeness (QED) is 0.418. The van der Waals surface area contributed by atoms with Crippen molar-refractivity contribution in [3.63, 3.8) is 0 Å². The first kappa shape index (κ1) is 26.1. The maximum absolute atomic E-state index is 12.9. The van der Waals surface area contributed by atoms with Gasteiger partial charge in [0.05, 0.1) is 13.5 Å². The van der Waals surface area contributed by atoms with Crippen LogP contribution in [0, 0.1) is 28.1 Å². The van der Waals surface area contributed by atoms with E-state index < -0.39 is 40.6 Å². The smallest absolute Gasteiger partial charge is 0.333 e. The number of ketones is 1. The van der Waals surface area contributed by atoms with Crippen molar-refractivity contribution in [2.75, 3.05) is 14.2 Å². The van der Waals surface area contributed by atoms with Crippen LogP contribution in [0.5, 0.6) is 0 Å². The molecule has 4 rings (SSSR count). The summed E-state index contributed by atoms with van der Waals surface area (Å²) in [5.74, 6) is -1.97. The Balaban J connectivity index is 1.75. The number of rotatable bonds is 5. The minimum absolute atomic E-state index is 0.0379. The summed E-state index contributed by atoms with van der Waals surface area (Å²) < 4.78 is 21.3. The summed E-state index contributed by atoms with van der Waals surface area (Å²) in [5, 5.41) is 0. The normalized spacial score (nSPS) is 37.5. The van der Waals surface area contributed by atoms with Crippen molar-refractivity contribution >= 4 is 23.7 Å². The molecule has 0 aromatic heterocycles. The Morgan fingerprint density at radius 3 is 2.39 bits per heavy atom. The van der Waals surface area contributed by atoms with E-state index in [1.165, 1.54) is 26.4 Å². The summed E-state index contributed by atoms with van der Waals surface area (Å²) in [6.45, 7) is 12.2. The fourth-order valence-corrected chi connectivity index (χ4v) is 6.77. The van der Waals surface area contributed by atoms with Gasteiger partial charge in [0.25, 0.3) is 0 Å². The molecule has 8 heteroatoms. The Morgan fingerprint density at radius 2 is 1.75 bits per heavy atom. The second kappa shape index (κ2) is 8.83. The molecule has 0 N–H and O–H groups in total. The molecule has 6 atom stereocenters. The van der Waals surface area contributed by atoms with Gasteiger partial charge in [0, 0.05) is 35.7 Å². The monoisotopic (exact) mass is 498 g/mol. The summed E-state index contributed by atoms with van der Waals surface area (Å²) in [6, 6.07) is 0. The van der Waals surface area contributed by atoms with Crippen molar-refractivity contribution in [1.82, 2.24) is 0 Å². The number of ether oxygens (including phenoxy) is 4. The molecule has 2 aliphatic carbocycles. The van der Waals surface area contributed by atoms with Gasteiger partial charge in [-0.3, -0.25) is 9.59 Å². The van der Waals surface area contributed by atoms with Crippen LogP contribution < -0.4 is 0 Å². The van der Waals surface area contributed by atoms with Crippen LogP contribution in [0.3, 0.4) is 0 Å². The number of hydrogen-bond acceptors (Lipinski definition) is 8. The highest BCUT2D eigenvalue weighted by Gasteiger charge is 2.58. The van der Waals surface area contributed by atoms with Crippen LogP contribution in [0.2, 0.25) is 0 Å². The highest BCUT2D eigenvalue weighted by molar-refractivity contribution is 5.96. The van der Waals surface area contributed by atoms with Gasteiger partial charge in [0.1, 0.15) is 6.10 Å². The second-order valence-electron chi connectivity index (χ2n) is 11.2. The van der Waals surface area contributed by atoms with Gasteiger partial charge in [-0.1, -0.05) is 40.3 Å². The lowest BCUT2D eigenvalue weighted by Crippen LogP contribution is -2.53. The van der Waals surface area contributed by atoms with Gasteiger partial charge in [0.15, 0.2) is 5.78 Å². The third kappa shape index (κ3) is 3.86. The van der Waals surface area contributed by atoms with Gasteiger partial charge >= 0.3 is 17.9 Å². The minimum atomic E-state index is -0.924. The van der Waals surface area contributed by atoms with Crippen LogP contribution >= 0.6 is 0 Å². The maximum atomic E-state index is 12.9. The lowest BCUT2D eigenvalue weighted by molar-refractivity contribution is -0.161. The van der Waals surface area contributed by atoms with Gasteiger partial charge in [-0.25, -0.2) is 9.59 Å². The Hall–Kier alpha value is -3.00. The second-order valence-corrected chi connectivity index (χ2v) is 11.2. The molecule has 6 unspecified atom stereocenters. The molecular weight excluding hydrogens is 464 g/mol. The van der Waals surface area contributed by atoms with E-state index in [0.717, 1.165) is 11.1 Å². The molecule has 0 aromatic rings. The van der Waals surface area contributed by atoms with E-state index in [9.17, 15) is 19.2 Å². The van der Waals surface area contributed by atoms with E-state index in [1.807, 2.05) is 26.8 Å². The summed E-state index contributed by atoms with van der Waals surface area (Å²) >= 11 is 0. The Bertz CT molecular complexity index is 1120. The molecule has 36 heavy (non-hydrogen) atoms. The fraction of sp³-hybridized carbons (Fsp3) is 0.571. The Morgan fingerprint density at radius 1 is 1.08 bits per heavy atom. The molecule has 0 spiro atoms. The number of fused-ring (bicyclic) bond motifs is 1. The zero-order chi connectivity index (χ0) is 26.6. The van der Waals surface area contributed by atoms with Crippen LogP contribution in [0.1, 0.15) is 47.0 Å². The SMILES string of the molecule is C=C1C2=CC(=O)OC(C3=CC(=O)OC3OC)C2(C)CCC1C1(C)C=CC(=O)C(C)(C)C1CC(=O)OC. The third-order valence-electron chi connectivity index (χ3n) is 8.91. The zero-order valence-electron chi connectivity index (χ0n) is 21.7. The molecule has 1 saturated carbocycles. The number of cyclic esters (lactones) is 2. The molecule has 0 saturated heterocycles. The van der Waals surface area contributed by atoms with Gasteiger partial charge in [-0.2, -0.15) is 0 Å². The number of hydrogen-bond donors (Lipinski definition) is 0. The van der Waals surface area contributed by atoms with Gasteiger partial charge in [0.2, 0.25) is 6.29 Å². The minimum Gasteiger partial charge on any atom is -0.469 e. The van der Waals surface area contributed by atoms with Gasteiger partial charge in [-0.15, -0.1) is 0 Å². The van der Waals surface area contributed by atoms with Crippen LogP contribution in [-0.4, -0.2) is 50.3 Å². The first-order chi connectivity index (χ1) is 16.8. The Labute approximate surface area is 211 Å². The van der Waals surface area contributed by atoms with E-state index >= 15 is 0 Å². The first-order valence-electron chi connectivity index (χ1n) is 12.2. The van der Waals surface area contributed by atoms with Crippen LogP contribution in [-0.2, 0) is 38.1 Å².